The number of nitrogens with one attached hydrogen (secondary N) is 1. The number of aryl methyl sites for hydroxylation is 1. The van der Waals surface area contributed by atoms with Crippen molar-refractivity contribution in [1.29, 1.82) is 0 Å². The monoisotopic (exact) mass is 263 g/mol. The molecule has 4 nitrogen and oxygen atoms in total. The van der Waals surface area contributed by atoms with Gasteiger partial charge in [-0.1, -0.05) is 0 Å². The molecule has 1 saturated heterocycles. The Morgan fingerprint density at radius 1 is 1.44 bits per heavy atom. The summed E-state index contributed by atoms with van der Waals surface area (Å²) < 4.78 is 6.73. The smallest absolute Gasteiger partial charge is 0.147 e. The van der Waals surface area contributed by atoms with Crippen LogP contribution >= 0.6 is 11.3 Å². The zero-order valence-corrected chi connectivity index (χ0v) is 11.5. The summed E-state index contributed by atoms with van der Waals surface area (Å²) in [5.74, 6) is 0.970. The van der Waals surface area contributed by atoms with E-state index in [1.807, 2.05) is 0 Å². The van der Waals surface area contributed by atoms with E-state index >= 15 is 0 Å². The molecule has 0 aliphatic carbocycles. The SMILES string of the molecule is Cc1csc2c(NC3CCOC(C)C3)ncnc12. The van der Waals surface area contributed by atoms with Crippen molar-refractivity contribution in [2.75, 3.05) is 11.9 Å². The van der Waals surface area contributed by atoms with E-state index in [0.29, 0.717) is 12.1 Å². The maximum Gasteiger partial charge on any atom is 0.147 e. The van der Waals surface area contributed by atoms with Crippen LogP contribution in [0.3, 0.4) is 0 Å². The van der Waals surface area contributed by atoms with Gasteiger partial charge in [-0.3, -0.25) is 0 Å². The lowest BCUT2D eigenvalue weighted by molar-refractivity contribution is 0.0232. The molecular weight excluding hydrogens is 246 g/mol. The van der Waals surface area contributed by atoms with Crippen molar-refractivity contribution in [1.82, 2.24) is 9.97 Å². The zero-order valence-electron chi connectivity index (χ0n) is 10.6. The number of fused-ring (bicyclic) bond motifs is 1. The van der Waals surface area contributed by atoms with Gasteiger partial charge in [-0.15, -0.1) is 11.3 Å². The van der Waals surface area contributed by atoms with Crippen LogP contribution in [0.2, 0.25) is 0 Å². The fraction of sp³-hybridized carbons (Fsp3) is 0.538. The summed E-state index contributed by atoms with van der Waals surface area (Å²) in [6.45, 7) is 5.04. The molecule has 0 bridgehead atoms. The summed E-state index contributed by atoms with van der Waals surface area (Å²) in [6.07, 6.45) is 4.06. The molecule has 18 heavy (non-hydrogen) atoms. The number of aromatic nitrogens is 2. The van der Waals surface area contributed by atoms with Crippen molar-refractivity contribution in [2.24, 2.45) is 0 Å². The third kappa shape index (κ3) is 2.20. The number of anilines is 1. The second-order valence-electron chi connectivity index (χ2n) is 4.87. The van der Waals surface area contributed by atoms with Crippen molar-refractivity contribution in [3.8, 4) is 0 Å². The summed E-state index contributed by atoms with van der Waals surface area (Å²) >= 11 is 1.71. The van der Waals surface area contributed by atoms with E-state index in [2.05, 4.69) is 34.5 Å². The highest BCUT2D eigenvalue weighted by atomic mass is 32.1. The van der Waals surface area contributed by atoms with Gasteiger partial charge in [0.05, 0.1) is 16.3 Å². The first-order valence-electron chi connectivity index (χ1n) is 6.31. The molecule has 0 aromatic carbocycles. The molecule has 0 spiro atoms. The van der Waals surface area contributed by atoms with E-state index < -0.39 is 0 Å². The lowest BCUT2D eigenvalue weighted by atomic mass is 10.0. The van der Waals surface area contributed by atoms with Gasteiger partial charge < -0.3 is 10.1 Å². The first-order chi connectivity index (χ1) is 8.74. The Morgan fingerprint density at radius 2 is 2.33 bits per heavy atom. The Hall–Kier alpha value is -1.20. The molecule has 3 heterocycles. The average molecular weight is 263 g/mol. The topological polar surface area (TPSA) is 47.0 Å². The molecule has 5 heteroatoms. The minimum atomic E-state index is 0.332. The van der Waals surface area contributed by atoms with Gasteiger partial charge in [-0.2, -0.15) is 0 Å². The summed E-state index contributed by atoms with van der Waals surface area (Å²) in [4.78, 5) is 8.73. The van der Waals surface area contributed by atoms with Gasteiger partial charge in [0.25, 0.3) is 0 Å². The predicted octanol–water partition coefficient (Wildman–Crippen LogP) is 2.98. The molecule has 3 rings (SSSR count). The van der Waals surface area contributed by atoms with Gasteiger partial charge in [-0.25, -0.2) is 9.97 Å². The molecule has 0 saturated carbocycles. The van der Waals surface area contributed by atoms with Crippen LogP contribution in [-0.4, -0.2) is 28.7 Å². The molecule has 2 aromatic rings. The second kappa shape index (κ2) is 4.82. The van der Waals surface area contributed by atoms with Gasteiger partial charge >= 0.3 is 0 Å². The molecule has 0 amide bonds. The zero-order chi connectivity index (χ0) is 12.5. The van der Waals surface area contributed by atoms with Gasteiger partial charge in [0.2, 0.25) is 0 Å². The Kier molecular flexibility index (Phi) is 3.18. The molecule has 1 aliphatic rings. The summed E-state index contributed by atoms with van der Waals surface area (Å²) in [5.41, 5.74) is 2.29. The van der Waals surface area contributed by atoms with Gasteiger partial charge in [0.1, 0.15) is 12.1 Å². The molecule has 1 fully saturated rings. The summed E-state index contributed by atoms with van der Waals surface area (Å²) in [5, 5.41) is 5.68. The molecule has 1 aliphatic heterocycles. The normalized spacial score (nSPS) is 24.3. The molecule has 96 valence electrons. The highest BCUT2D eigenvalue weighted by Gasteiger charge is 2.20. The number of ether oxygens (including phenoxy) is 1. The number of hydrogen-bond acceptors (Lipinski definition) is 5. The number of thiophene rings is 1. The van der Waals surface area contributed by atoms with Crippen molar-refractivity contribution >= 4 is 27.4 Å². The van der Waals surface area contributed by atoms with E-state index in [-0.39, 0.29) is 0 Å². The highest BCUT2D eigenvalue weighted by Crippen LogP contribution is 2.29. The van der Waals surface area contributed by atoms with Crippen LogP contribution in [-0.2, 0) is 4.74 Å². The fourth-order valence-corrected chi connectivity index (χ4v) is 3.35. The lowest BCUT2D eigenvalue weighted by Gasteiger charge is -2.28. The van der Waals surface area contributed by atoms with Crippen molar-refractivity contribution in [3.63, 3.8) is 0 Å². The van der Waals surface area contributed by atoms with E-state index in [9.17, 15) is 0 Å². The molecule has 2 aromatic heterocycles. The first-order valence-corrected chi connectivity index (χ1v) is 7.19. The Morgan fingerprint density at radius 3 is 3.17 bits per heavy atom. The van der Waals surface area contributed by atoms with Gasteiger partial charge in [0, 0.05) is 12.6 Å². The lowest BCUT2D eigenvalue weighted by Crippen LogP contribution is -2.32. The van der Waals surface area contributed by atoms with Crippen molar-refractivity contribution in [3.05, 3.63) is 17.3 Å². The predicted molar refractivity (Wildman–Crippen MR) is 74.2 cm³/mol. The van der Waals surface area contributed by atoms with Crippen LogP contribution in [0.5, 0.6) is 0 Å². The molecule has 1 N–H and O–H groups in total. The van der Waals surface area contributed by atoms with E-state index in [1.54, 1.807) is 17.7 Å². The Balaban J connectivity index is 1.86. The molecule has 2 atom stereocenters. The number of nitrogens with zero attached hydrogens (tertiary/aromatic N) is 2. The van der Waals surface area contributed by atoms with E-state index in [1.165, 1.54) is 5.56 Å². The van der Waals surface area contributed by atoms with Crippen LogP contribution in [0.15, 0.2) is 11.7 Å². The third-order valence-electron chi connectivity index (χ3n) is 3.36. The highest BCUT2D eigenvalue weighted by molar-refractivity contribution is 7.18. The number of hydrogen-bond donors (Lipinski definition) is 1. The maximum absolute atomic E-state index is 5.57. The Bertz CT molecular complexity index is 554. The summed E-state index contributed by atoms with van der Waals surface area (Å²) in [7, 11) is 0. The largest absolute Gasteiger partial charge is 0.378 e. The third-order valence-corrected chi connectivity index (χ3v) is 4.45. The molecular formula is C13H17N3OS. The first kappa shape index (κ1) is 11.9. The quantitative estimate of drug-likeness (QED) is 0.905. The minimum absolute atomic E-state index is 0.332. The average Bonchev–Trinajstić information content (AvgIpc) is 2.73. The fourth-order valence-electron chi connectivity index (χ4n) is 2.39. The van der Waals surface area contributed by atoms with Gasteiger partial charge in [-0.05, 0) is 37.6 Å². The van der Waals surface area contributed by atoms with Crippen molar-refractivity contribution in [2.45, 2.75) is 38.8 Å². The van der Waals surface area contributed by atoms with Crippen molar-refractivity contribution < 1.29 is 4.74 Å². The number of rotatable bonds is 2. The standard InChI is InChI=1S/C13H17N3OS/c1-8-6-18-12-11(8)14-7-15-13(12)16-10-3-4-17-9(2)5-10/h6-7,9-10H,3-5H2,1-2H3,(H,14,15,16). The minimum Gasteiger partial charge on any atom is -0.378 e. The van der Waals surface area contributed by atoms with Crippen LogP contribution in [0, 0.1) is 6.92 Å². The van der Waals surface area contributed by atoms with E-state index in [4.69, 9.17) is 4.74 Å². The van der Waals surface area contributed by atoms with E-state index in [0.717, 1.165) is 35.5 Å². The maximum atomic E-state index is 5.57. The second-order valence-corrected chi connectivity index (χ2v) is 5.75. The van der Waals surface area contributed by atoms with Crippen LogP contribution in [0.4, 0.5) is 5.82 Å². The van der Waals surface area contributed by atoms with Crippen LogP contribution < -0.4 is 5.32 Å². The molecule has 2 unspecified atom stereocenters. The van der Waals surface area contributed by atoms with Gasteiger partial charge in [0.15, 0.2) is 0 Å². The van der Waals surface area contributed by atoms with Crippen LogP contribution in [0.1, 0.15) is 25.3 Å². The Labute approximate surface area is 110 Å². The van der Waals surface area contributed by atoms with Crippen LogP contribution in [0.25, 0.3) is 10.2 Å². The molecule has 0 radical (unpaired) electrons. The summed E-state index contributed by atoms with van der Waals surface area (Å²) in [6, 6.07) is 0.453.